The quantitative estimate of drug-likeness (QED) is 0.775. The highest BCUT2D eigenvalue weighted by Gasteiger charge is 2.32. The van der Waals surface area contributed by atoms with Crippen LogP contribution < -0.4 is 5.32 Å². The van der Waals surface area contributed by atoms with Gasteiger partial charge in [0.2, 0.25) is 5.91 Å². The molecule has 0 saturated carbocycles. The van der Waals surface area contributed by atoms with Crippen molar-refractivity contribution < 1.29 is 17.8 Å². The van der Waals surface area contributed by atoms with Gasteiger partial charge in [-0.15, -0.1) is 12.4 Å². The van der Waals surface area contributed by atoms with Crippen molar-refractivity contribution in [2.45, 2.75) is 30.6 Å². The fourth-order valence-corrected chi connectivity index (χ4v) is 2.55. The van der Waals surface area contributed by atoms with E-state index in [1.54, 1.807) is 0 Å². The van der Waals surface area contributed by atoms with Crippen LogP contribution in [-0.4, -0.2) is 18.9 Å². The van der Waals surface area contributed by atoms with Crippen molar-refractivity contribution in [2.24, 2.45) is 0 Å². The van der Waals surface area contributed by atoms with E-state index in [9.17, 15) is 13.2 Å². The summed E-state index contributed by atoms with van der Waals surface area (Å²) in [4.78, 5) is 11.3. The molecule has 0 aromatic heterocycles. The number of halogens is 1. The van der Waals surface area contributed by atoms with Crippen LogP contribution in [0.25, 0.3) is 0 Å². The van der Waals surface area contributed by atoms with Crippen molar-refractivity contribution in [1.82, 2.24) is 0 Å². The van der Waals surface area contributed by atoms with Crippen molar-refractivity contribution in [1.29, 1.82) is 0 Å². The summed E-state index contributed by atoms with van der Waals surface area (Å²) < 4.78 is 31.1. The summed E-state index contributed by atoms with van der Waals surface area (Å²) in [7, 11) is -4.21. The molecule has 0 aliphatic carbocycles. The fraction of sp³-hybridized carbons (Fsp3) is 0.364. The molecule has 0 fully saturated rings. The van der Waals surface area contributed by atoms with Gasteiger partial charge < -0.3 is 5.32 Å². The van der Waals surface area contributed by atoms with Gasteiger partial charge in [0, 0.05) is 17.5 Å². The molecule has 0 atom stereocenters. The largest absolute Gasteiger partial charge is 0.326 e. The summed E-state index contributed by atoms with van der Waals surface area (Å²) in [5.41, 5.74) is 0.865. The summed E-state index contributed by atoms with van der Waals surface area (Å²) in [5, 5.41) is 2.68. The molecule has 0 unspecified atom stereocenters. The molecule has 1 aromatic carbocycles. The Morgan fingerprint density at radius 3 is 2.50 bits per heavy atom. The number of hydrogen-bond acceptors (Lipinski definition) is 3. The molecule has 1 aliphatic rings. The predicted molar refractivity (Wildman–Crippen MR) is 69.8 cm³/mol. The van der Waals surface area contributed by atoms with E-state index < -0.39 is 15.5 Å². The van der Waals surface area contributed by atoms with Gasteiger partial charge in [-0.3, -0.25) is 9.35 Å². The van der Waals surface area contributed by atoms with E-state index >= 15 is 0 Å². The van der Waals surface area contributed by atoms with Gasteiger partial charge in [0.1, 0.15) is 0 Å². The van der Waals surface area contributed by atoms with E-state index in [0.29, 0.717) is 11.3 Å². The smallest absolute Gasteiger partial charge is 0.294 e. The number of amides is 1. The molecule has 100 valence electrons. The number of carbonyl (C=O) groups excluding carboxylic acids is 1. The van der Waals surface area contributed by atoms with E-state index in [0.717, 1.165) is 0 Å². The Morgan fingerprint density at radius 2 is 1.94 bits per heavy atom. The van der Waals surface area contributed by atoms with Gasteiger partial charge in [0.25, 0.3) is 10.1 Å². The number of anilines is 1. The highest BCUT2D eigenvalue weighted by Crippen LogP contribution is 2.38. The molecule has 1 heterocycles. The van der Waals surface area contributed by atoms with Gasteiger partial charge in [-0.05, 0) is 23.8 Å². The number of nitrogens with one attached hydrogen (secondary N) is 1. The average Bonchev–Trinajstić information content (AvgIpc) is 2.13. The van der Waals surface area contributed by atoms with Gasteiger partial charge in [0.15, 0.2) is 0 Å². The summed E-state index contributed by atoms with van der Waals surface area (Å²) in [5.74, 6) is -0.0953. The van der Waals surface area contributed by atoms with Crippen molar-refractivity contribution in [2.75, 3.05) is 5.32 Å². The summed E-state index contributed by atoms with van der Waals surface area (Å²) in [6.07, 6.45) is 0.287. The zero-order chi connectivity index (χ0) is 12.8. The van der Waals surface area contributed by atoms with Crippen LogP contribution in [0.15, 0.2) is 23.1 Å². The zero-order valence-corrected chi connectivity index (χ0v) is 11.6. The minimum atomic E-state index is -4.21. The third-order valence-electron chi connectivity index (χ3n) is 2.89. The van der Waals surface area contributed by atoms with E-state index in [-0.39, 0.29) is 29.6 Å². The number of benzene rings is 1. The first-order chi connectivity index (χ1) is 7.70. The second kappa shape index (κ2) is 4.53. The molecule has 2 rings (SSSR count). The van der Waals surface area contributed by atoms with Crippen molar-refractivity contribution >= 4 is 34.1 Å². The lowest BCUT2D eigenvalue weighted by atomic mass is 9.78. The minimum absolute atomic E-state index is 0. The third kappa shape index (κ3) is 2.66. The Morgan fingerprint density at radius 1 is 1.33 bits per heavy atom. The molecule has 18 heavy (non-hydrogen) atoms. The number of rotatable bonds is 1. The number of hydrogen-bond donors (Lipinski definition) is 2. The third-order valence-corrected chi connectivity index (χ3v) is 3.74. The van der Waals surface area contributed by atoms with E-state index in [1.807, 2.05) is 13.8 Å². The lowest BCUT2D eigenvalue weighted by molar-refractivity contribution is -0.117. The predicted octanol–water partition coefficient (Wildman–Crippen LogP) is 1.97. The fourth-order valence-electron chi connectivity index (χ4n) is 2.04. The van der Waals surface area contributed by atoms with E-state index in [2.05, 4.69) is 5.32 Å². The van der Waals surface area contributed by atoms with Crippen LogP contribution in [0.1, 0.15) is 25.8 Å². The van der Waals surface area contributed by atoms with Crippen molar-refractivity contribution in [3.05, 3.63) is 23.8 Å². The lowest BCUT2D eigenvalue weighted by Gasteiger charge is -2.32. The van der Waals surface area contributed by atoms with Crippen LogP contribution in [-0.2, 0) is 20.3 Å². The van der Waals surface area contributed by atoms with Crippen LogP contribution in [0.2, 0.25) is 0 Å². The van der Waals surface area contributed by atoms with Crippen LogP contribution in [0, 0.1) is 0 Å². The molecule has 2 N–H and O–H groups in total. The molecule has 0 saturated heterocycles. The van der Waals surface area contributed by atoms with Crippen LogP contribution in [0.5, 0.6) is 0 Å². The second-order valence-corrected chi connectivity index (χ2v) is 6.21. The summed E-state index contributed by atoms with van der Waals surface area (Å²) in [6, 6.07) is 4.18. The SMILES string of the molecule is CC1(C)CC(=O)Nc2ccc(S(=O)(=O)O)cc21.Cl. The first-order valence-electron chi connectivity index (χ1n) is 5.12. The monoisotopic (exact) mass is 291 g/mol. The summed E-state index contributed by atoms with van der Waals surface area (Å²) >= 11 is 0. The molecule has 7 heteroatoms. The molecular weight excluding hydrogens is 278 g/mol. The molecular formula is C11H14ClNO4S. The molecule has 1 aromatic rings. The second-order valence-electron chi connectivity index (χ2n) is 4.79. The van der Waals surface area contributed by atoms with E-state index in [4.69, 9.17) is 4.55 Å². The molecule has 0 spiro atoms. The van der Waals surface area contributed by atoms with Crippen LogP contribution in [0.4, 0.5) is 5.69 Å². The van der Waals surface area contributed by atoms with E-state index in [1.165, 1.54) is 18.2 Å². The zero-order valence-electron chi connectivity index (χ0n) is 9.93. The van der Waals surface area contributed by atoms with Crippen molar-refractivity contribution in [3.63, 3.8) is 0 Å². The maximum absolute atomic E-state index is 11.4. The molecule has 1 amide bonds. The Hall–Kier alpha value is -1.11. The van der Waals surface area contributed by atoms with Gasteiger partial charge >= 0.3 is 0 Å². The van der Waals surface area contributed by atoms with Crippen LogP contribution >= 0.6 is 12.4 Å². The molecule has 1 aliphatic heterocycles. The van der Waals surface area contributed by atoms with Gasteiger partial charge in [-0.1, -0.05) is 13.8 Å². The highest BCUT2D eigenvalue weighted by atomic mass is 35.5. The van der Waals surface area contributed by atoms with Crippen molar-refractivity contribution in [3.8, 4) is 0 Å². The molecule has 0 bridgehead atoms. The summed E-state index contributed by atoms with van der Waals surface area (Å²) in [6.45, 7) is 3.72. The number of carbonyl (C=O) groups is 1. The topological polar surface area (TPSA) is 83.5 Å². The lowest BCUT2D eigenvalue weighted by Crippen LogP contribution is -2.32. The molecule has 0 radical (unpaired) electrons. The van der Waals surface area contributed by atoms with Gasteiger partial charge in [-0.25, -0.2) is 0 Å². The minimum Gasteiger partial charge on any atom is -0.326 e. The van der Waals surface area contributed by atoms with Crippen LogP contribution in [0.3, 0.4) is 0 Å². The first kappa shape index (κ1) is 14.9. The maximum atomic E-state index is 11.4. The Balaban J connectivity index is 0.00000162. The number of fused-ring (bicyclic) bond motifs is 1. The van der Waals surface area contributed by atoms with Gasteiger partial charge in [0.05, 0.1) is 4.90 Å². The first-order valence-corrected chi connectivity index (χ1v) is 6.56. The van der Waals surface area contributed by atoms with Gasteiger partial charge in [-0.2, -0.15) is 8.42 Å². The average molecular weight is 292 g/mol. The molecule has 5 nitrogen and oxygen atoms in total. The Kier molecular flexibility index (Phi) is 3.76. The Labute approximate surface area is 112 Å². The Bertz CT molecular complexity index is 595. The highest BCUT2D eigenvalue weighted by molar-refractivity contribution is 7.85. The normalized spacial score (nSPS) is 17.4. The maximum Gasteiger partial charge on any atom is 0.294 e. The standard InChI is InChI=1S/C11H13NO4S.ClH/c1-11(2)6-10(13)12-9-4-3-7(5-8(9)11)17(14,15)16;/h3-5H,6H2,1-2H3,(H,12,13)(H,14,15,16);1H.